The minimum atomic E-state index is -3.81. The third-order valence-corrected chi connectivity index (χ3v) is 6.34. The van der Waals surface area contributed by atoms with Gasteiger partial charge in [-0.25, -0.2) is 17.9 Å². The van der Waals surface area contributed by atoms with E-state index in [-0.39, 0.29) is 17.0 Å². The quantitative estimate of drug-likeness (QED) is 0.630. The van der Waals surface area contributed by atoms with E-state index in [1.165, 1.54) is 42.7 Å². The highest BCUT2D eigenvalue weighted by Gasteiger charge is 2.19. The van der Waals surface area contributed by atoms with Crippen LogP contribution in [0.4, 0.5) is 0 Å². The van der Waals surface area contributed by atoms with Crippen molar-refractivity contribution in [1.82, 2.24) is 4.72 Å². The Labute approximate surface area is 155 Å². The number of hydrogen-bond acceptors (Lipinski definition) is 6. The van der Waals surface area contributed by atoms with Crippen LogP contribution in [0, 0.1) is 0 Å². The molecule has 0 aliphatic rings. The monoisotopic (exact) mass is 391 g/mol. The van der Waals surface area contributed by atoms with Crippen LogP contribution in [0.15, 0.2) is 58.8 Å². The number of aliphatic hydroxyl groups excluding tert-OH is 1. The predicted molar refractivity (Wildman–Crippen MR) is 99.8 cm³/mol. The topological polar surface area (TPSA) is 92.7 Å². The van der Waals surface area contributed by atoms with Crippen LogP contribution in [0.5, 0.6) is 0 Å². The first-order valence-corrected chi connectivity index (χ1v) is 10.1. The van der Waals surface area contributed by atoms with Crippen molar-refractivity contribution in [3.8, 4) is 0 Å². The fraction of sp³-hybridized carbons (Fsp3) is 0.167. The van der Waals surface area contributed by atoms with E-state index in [2.05, 4.69) is 9.46 Å². The second-order valence-corrected chi connectivity index (χ2v) is 8.25. The van der Waals surface area contributed by atoms with Crippen molar-refractivity contribution in [1.29, 1.82) is 0 Å². The molecular formula is C18H17NO5S2. The molecule has 0 radical (unpaired) electrons. The molecule has 1 heterocycles. The van der Waals surface area contributed by atoms with E-state index in [9.17, 15) is 18.3 Å². The van der Waals surface area contributed by atoms with E-state index in [1.54, 1.807) is 0 Å². The van der Waals surface area contributed by atoms with E-state index in [1.807, 2.05) is 29.6 Å². The van der Waals surface area contributed by atoms with Crippen molar-refractivity contribution < 1.29 is 23.1 Å². The number of fused-ring (bicyclic) bond motifs is 1. The first-order valence-electron chi connectivity index (χ1n) is 7.74. The number of benzene rings is 2. The summed E-state index contributed by atoms with van der Waals surface area (Å²) in [6, 6.07) is 13.0. The summed E-state index contributed by atoms with van der Waals surface area (Å²) in [7, 11) is -2.55. The number of esters is 1. The lowest BCUT2D eigenvalue weighted by atomic mass is 10.1. The smallest absolute Gasteiger partial charge is 0.337 e. The number of nitrogens with one attached hydrogen (secondary N) is 1. The van der Waals surface area contributed by atoms with Gasteiger partial charge in [0.15, 0.2) is 0 Å². The predicted octanol–water partition coefficient (Wildman–Crippen LogP) is 2.70. The molecule has 3 aromatic rings. The molecule has 0 aliphatic carbocycles. The van der Waals surface area contributed by atoms with Crippen LogP contribution in [0.1, 0.15) is 22.0 Å². The average Bonchev–Trinajstić information content (AvgIpc) is 3.10. The fourth-order valence-corrected chi connectivity index (χ4v) is 4.57. The van der Waals surface area contributed by atoms with E-state index in [0.717, 1.165) is 10.1 Å². The van der Waals surface area contributed by atoms with Crippen LogP contribution in [0.2, 0.25) is 0 Å². The Morgan fingerprint density at radius 1 is 1.19 bits per heavy atom. The standard InChI is InChI=1S/C18H17NO5S2/c1-24-18(21)12-6-8-13(9-7-12)26(22,23)19-10-16(20)15-11-25-17-5-3-2-4-14(15)17/h2-9,11,16,19-20H,10H2,1H3. The van der Waals surface area contributed by atoms with E-state index >= 15 is 0 Å². The molecule has 0 saturated heterocycles. The van der Waals surface area contributed by atoms with Crippen LogP contribution in [-0.4, -0.2) is 33.1 Å². The molecule has 1 aromatic heterocycles. The molecule has 0 fully saturated rings. The number of hydrogen-bond donors (Lipinski definition) is 2. The van der Waals surface area contributed by atoms with Crippen molar-refractivity contribution in [2.24, 2.45) is 0 Å². The van der Waals surface area contributed by atoms with Gasteiger partial charge in [0.25, 0.3) is 0 Å². The highest BCUT2D eigenvalue weighted by atomic mass is 32.2. The highest BCUT2D eigenvalue weighted by molar-refractivity contribution is 7.89. The maximum absolute atomic E-state index is 12.4. The molecule has 3 rings (SSSR count). The molecule has 0 amide bonds. The summed E-state index contributed by atoms with van der Waals surface area (Å²) in [4.78, 5) is 11.4. The third-order valence-electron chi connectivity index (χ3n) is 3.92. The van der Waals surface area contributed by atoms with Gasteiger partial charge in [-0.05, 0) is 41.1 Å². The molecule has 0 bridgehead atoms. The summed E-state index contributed by atoms with van der Waals surface area (Å²) in [5.41, 5.74) is 0.950. The fourth-order valence-electron chi connectivity index (χ4n) is 2.53. The van der Waals surface area contributed by atoms with Crippen molar-refractivity contribution in [2.45, 2.75) is 11.0 Å². The third kappa shape index (κ3) is 3.78. The molecule has 0 spiro atoms. The zero-order chi connectivity index (χ0) is 18.7. The van der Waals surface area contributed by atoms with Gasteiger partial charge < -0.3 is 9.84 Å². The summed E-state index contributed by atoms with van der Waals surface area (Å²) in [5, 5.41) is 13.1. The van der Waals surface area contributed by atoms with Gasteiger partial charge in [-0.2, -0.15) is 0 Å². The summed E-state index contributed by atoms with van der Waals surface area (Å²) in [5.74, 6) is -0.540. The first-order chi connectivity index (χ1) is 12.4. The molecule has 1 unspecified atom stereocenters. The van der Waals surface area contributed by atoms with Gasteiger partial charge in [0.1, 0.15) is 0 Å². The molecule has 26 heavy (non-hydrogen) atoms. The Balaban J connectivity index is 1.72. The number of rotatable bonds is 6. The van der Waals surface area contributed by atoms with Crippen molar-refractivity contribution >= 4 is 37.4 Å². The summed E-state index contributed by atoms with van der Waals surface area (Å²) in [6.07, 6.45) is -0.963. The van der Waals surface area contributed by atoms with Crippen LogP contribution in [0.25, 0.3) is 10.1 Å². The van der Waals surface area contributed by atoms with Crippen molar-refractivity contribution in [2.75, 3.05) is 13.7 Å². The Kier molecular flexibility index (Phi) is 5.38. The second kappa shape index (κ2) is 7.55. The SMILES string of the molecule is COC(=O)c1ccc(S(=O)(=O)NCC(O)c2csc3ccccc23)cc1. The lowest BCUT2D eigenvalue weighted by Crippen LogP contribution is -2.28. The van der Waals surface area contributed by atoms with Crippen LogP contribution in [-0.2, 0) is 14.8 Å². The van der Waals surface area contributed by atoms with Gasteiger partial charge in [0, 0.05) is 16.8 Å². The summed E-state index contributed by atoms with van der Waals surface area (Å²) >= 11 is 1.50. The second-order valence-electron chi connectivity index (χ2n) is 5.57. The molecule has 2 aromatic carbocycles. The molecule has 8 heteroatoms. The number of carbonyl (C=O) groups is 1. The van der Waals surface area contributed by atoms with Crippen LogP contribution >= 0.6 is 11.3 Å². The lowest BCUT2D eigenvalue weighted by molar-refractivity contribution is 0.0600. The average molecular weight is 391 g/mol. The van der Waals surface area contributed by atoms with Crippen molar-refractivity contribution in [3.05, 3.63) is 65.0 Å². The maximum Gasteiger partial charge on any atom is 0.337 e. The molecule has 0 aliphatic heterocycles. The number of methoxy groups -OCH3 is 1. The Morgan fingerprint density at radius 3 is 2.58 bits per heavy atom. The molecule has 6 nitrogen and oxygen atoms in total. The molecule has 136 valence electrons. The number of thiophene rings is 1. The number of carbonyl (C=O) groups excluding carboxylic acids is 1. The molecule has 1 atom stereocenters. The van der Waals surface area contributed by atoms with Crippen molar-refractivity contribution in [3.63, 3.8) is 0 Å². The largest absolute Gasteiger partial charge is 0.465 e. The number of ether oxygens (including phenoxy) is 1. The van der Waals surface area contributed by atoms with Gasteiger partial charge in [0.2, 0.25) is 10.0 Å². The minimum Gasteiger partial charge on any atom is -0.465 e. The van der Waals surface area contributed by atoms with E-state index in [4.69, 9.17) is 0 Å². The normalized spacial score (nSPS) is 12.8. The maximum atomic E-state index is 12.4. The Morgan fingerprint density at radius 2 is 1.88 bits per heavy atom. The Bertz CT molecular complexity index is 1030. The van der Waals surface area contributed by atoms with Crippen LogP contribution < -0.4 is 4.72 Å². The van der Waals surface area contributed by atoms with Gasteiger partial charge >= 0.3 is 5.97 Å². The lowest BCUT2D eigenvalue weighted by Gasteiger charge is -2.12. The summed E-state index contributed by atoms with van der Waals surface area (Å²) < 4.78 is 32.8. The number of aliphatic hydroxyl groups is 1. The van der Waals surface area contributed by atoms with Crippen LogP contribution in [0.3, 0.4) is 0 Å². The summed E-state index contributed by atoms with van der Waals surface area (Å²) in [6.45, 7) is -0.151. The zero-order valence-electron chi connectivity index (χ0n) is 13.9. The van der Waals surface area contributed by atoms with Gasteiger partial charge in [-0.15, -0.1) is 11.3 Å². The molecule has 0 saturated carbocycles. The highest BCUT2D eigenvalue weighted by Crippen LogP contribution is 2.30. The van der Waals surface area contributed by atoms with E-state index < -0.39 is 22.1 Å². The first kappa shape index (κ1) is 18.5. The Hall–Kier alpha value is -2.26. The minimum absolute atomic E-state index is 0.00697. The molecular weight excluding hydrogens is 374 g/mol. The molecule has 2 N–H and O–H groups in total. The van der Waals surface area contributed by atoms with Gasteiger partial charge in [-0.1, -0.05) is 18.2 Å². The van der Waals surface area contributed by atoms with E-state index in [0.29, 0.717) is 5.56 Å². The van der Waals surface area contributed by atoms with Gasteiger partial charge in [0.05, 0.1) is 23.7 Å². The zero-order valence-corrected chi connectivity index (χ0v) is 15.5. The number of sulfonamides is 1. The van der Waals surface area contributed by atoms with Gasteiger partial charge in [-0.3, -0.25) is 0 Å².